The molecule has 4 heteroatoms. The number of benzene rings is 1. The van der Waals surface area contributed by atoms with Gasteiger partial charge in [0.1, 0.15) is 5.75 Å². The van der Waals surface area contributed by atoms with E-state index in [0.717, 1.165) is 18.3 Å². The lowest BCUT2D eigenvalue weighted by atomic mass is 9.56. The van der Waals surface area contributed by atoms with Crippen LogP contribution in [0.5, 0.6) is 5.75 Å². The highest BCUT2D eigenvalue weighted by Crippen LogP contribution is 2.63. The maximum absolute atomic E-state index is 11.7. The van der Waals surface area contributed by atoms with Gasteiger partial charge in [-0.2, -0.15) is 0 Å². The fraction of sp³-hybridized carbons (Fsp3) is 0.636. The molecule has 0 bridgehead atoms. The molecule has 0 heterocycles. The van der Waals surface area contributed by atoms with Crippen LogP contribution in [0.1, 0.15) is 69.9 Å². The Hall–Kier alpha value is -1.29. The number of aryl methyl sites for hydroxylation is 1. The van der Waals surface area contributed by atoms with Crippen LogP contribution in [0.2, 0.25) is 0 Å². The van der Waals surface area contributed by atoms with Crippen molar-refractivity contribution < 1.29 is 14.3 Å². The number of thioether (sulfide) groups is 1. The highest BCUT2D eigenvalue weighted by atomic mass is 32.2. The summed E-state index contributed by atoms with van der Waals surface area (Å²) in [5, 5.41) is 0.768. The zero-order valence-electron chi connectivity index (χ0n) is 15.9. The summed E-state index contributed by atoms with van der Waals surface area (Å²) in [6, 6.07) is 6.23. The molecule has 0 aliphatic heterocycles. The summed E-state index contributed by atoms with van der Waals surface area (Å²) >= 11 is 1.59. The largest absolute Gasteiger partial charge is 0.427 e. The fourth-order valence-electron chi connectivity index (χ4n) is 6.13. The minimum atomic E-state index is -0.257. The van der Waals surface area contributed by atoms with Crippen molar-refractivity contribution in [2.75, 3.05) is 0 Å². The predicted molar refractivity (Wildman–Crippen MR) is 104 cm³/mol. The van der Waals surface area contributed by atoms with Crippen molar-refractivity contribution in [2.24, 2.45) is 17.3 Å². The first-order valence-electron chi connectivity index (χ1n) is 9.87. The number of esters is 1. The third-order valence-electron chi connectivity index (χ3n) is 7.18. The van der Waals surface area contributed by atoms with E-state index >= 15 is 0 Å². The Kier molecular flexibility index (Phi) is 4.66. The van der Waals surface area contributed by atoms with Crippen LogP contribution in [-0.2, 0) is 16.0 Å². The number of carbonyl (C=O) groups excluding carboxylic acids is 2. The van der Waals surface area contributed by atoms with Gasteiger partial charge in [0.2, 0.25) is 0 Å². The second kappa shape index (κ2) is 6.70. The Bertz CT molecular complexity index is 743. The van der Waals surface area contributed by atoms with Gasteiger partial charge >= 0.3 is 5.97 Å². The van der Waals surface area contributed by atoms with Crippen LogP contribution in [0.25, 0.3) is 0 Å². The van der Waals surface area contributed by atoms with Crippen molar-refractivity contribution in [3.05, 3.63) is 29.3 Å². The van der Waals surface area contributed by atoms with Crippen LogP contribution < -0.4 is 4.74 Å². The lowest BCUT2D eigenvalue weighted by Crippen LogP contribution is -2.43. The predicted octanol–water partition coefficient (Wildman–Crippen LogP) is 5.12. The quantitative estimate of drug-likeness (QED) is 0.534. The van der Waals surface area contributed by atoms with Crippen LogP contribution >= 0.6 is 11.8 Å². The molecular formula is C22H28O3S. The topological polar surface area (TPSA) is 43.4 Å². The van der Waals surface area contributed by atoms with Crippen molar-refractivity contribution in [1.82, 2.24) is 0 Å². The van der Waals surface area contributed by atoms with E-state index in [9.17, 15) is 9.59 Å². The van der Waals surface area contributed by atoms with Gasteiger partial charge in [0.25, 0.3) is 0 Å². The molecule has 5 atom stereocenters. The van der Waals surface area contributed by atoms with Gasteiger partial charge < -0.3 is 4.74 Å². The van der Waals surface area contributed by atoms with E-state index in [1.54, 1.807) is 18.7 Å². The molecular weight excluding hydrogens is 344 g/mol. The normalized spacial score (nSPS) is 35.2. The molecule has 0 spiro atoms. The van der Waals surface area contributed by atoms with Gasteiger partial charge in [-0.15, -0.1) is 0 Å². The lowest BCUT2D eigenvalue weighted by Gasteiger charge is -2.50. The third kappa shape index (κ3) is 3.00. The van der Waals surface area contributed by atoms with Crippen LogP contribution in [0.4, 0.5) is 0 Å². The van der Waals surface area contributed by atoms with Gasteiger partial charge in [-0.3, -0.25) is 9.59 Å². The molecule has 0 amide bonds. The maximum atomic E-state index is 11.7. The molecule has 2 fully saturated rings. The standard InChI is InChI=1S/C22H28O3S/c1-13(23)25-16-5-7-17-15(12-16)4-6-19-18(17)10-11-22(3)20(19)8-9-21(22)26-14(2)24/h5,7,12,18-21H,4,6,8-11H2,1-3H3/t18-,19-,20+,21+,22+/m1/s1. The molecule has 3 nitrogen and oxygen atoms in total. The number of rotatable bonds is 2. The molecule has 0 radical (unpaired) electrons. The summed E-state index contributed by atoms with van der Waals surface area (Å²) in [5.74, 6) is 2.52. The van der Waals surface area contributed by atoms with E-state index < -0.39 is 0 Å². The van der Waals surface area contributed by atoms with E-state index in [0.29, 0.717) is 22.3 Å². The molecule has 0 saturated heterocycles. The van der Waals surface area contributed by atoms with Crippen molar-refractivity contribution in [3.63, 3.8) is 0 Å². The maximum Gasteiger partial charge on any atom is 0.308 e. The molecule has 26 heavy (non-hydrogen) atoms. The molecule has 140 valence electrons. The molecule has 0 N–H and O–H groups in total. The monoisotopic (exact) mass is 372 g/mol. The number of carbonyl (C=O) groups is 2. The summed E-state index contributed by atoms with van der Waals surface area (Å²) in [7, 11) is 0. The Balaban J connectivity index is 1.58. The van der Waals surface area contributed by atoms with E-state index in [-0.39, 0.29) is 11.1 Å². The molecule has 3 aliphatic rings. The minimum absolute atomic E-state index is 0.257. The molecule has 0 unspecified atom stereocenters. The summed E-state index contributed by atoms with van der Waals surface area (Å²) < 4.78 is 5.28. The summed E-state index contributed by atoms with van der Waals surface area (Å²) in [6.07, 6.45) is 7.18. The molecule has 1 aromatic carbocycles. The van der Waals surface area contributed by atoms with E-state index in [1.165, 1.54) is 50.2 Å². The van der Waals surface area contributed by atoms with Gasteiger partial charge in [0, 0.05) is 19.1 Å². The zero-order chi connectivity index (χ0) is 18.5. The van der Waals surface area contributed by atoms with E-state index in [4.69, 9.17) is 4.74 Å². The first-order chi connectivity index (χ1) is 12.4. The Morgan fingerprint density at radius 2 is 1.96 bits per heavy atom. The average Bonchev–Trinajstić information content (AvgIpc) is 2.90. The first-order valence-corrected chi connectivity index (χ1v) is 10.7. The van der Waals surface area contributed by atoms with Crippen molar-refractivity contribution in [1.29, 1.82) is 0 Å². The number of hydrogen-bond donors (Lipinski definition) is 0. The van der Waals surface area contributed by atoms with Gasteiger partial charge in [-0.25, -0.2) is 0 Å². The van der Waals surface area contributed by atoms with Gasteiger partial charge in [-0.1, -0.05) is 24.8 Å². The number of ether oxygens (including phenoxy) is 1. The Labute approximate surface area is 160 Å². The lowest BCUT2D eigenvalue weighted by molar-refractivity contribution is -0.131. The van der Waals surface area contributed by atoms with E-state index in [2.05, 4.69) is 19.1 Å². The smallest absolute Gasteiger partial charge is 0.308 e. The van der Waals surface area contributed by atoms with Crippen molar-refractivity contribution in [3.8, 4) is 5.75 Å². The van der Waals surface area contributed by atoms with Crippen molar-refractivity contribution >= 4 is 22.8 Å². The summed E-state index contributed by atoms with van der Waals surface area (Å²) in [5.41, 5.74) is 3.15. The Morgan fingerprint density at radius 3 is 2.69 bits per heavy atom. The number of hydrogen-bond acceptors (Lipinski definition) is 4. The van der Waals surface area contributed by atoms with Crippen molar-refractivity contribution in [2.45, 2.75) is 70.5 Å². The van der Waals surface area contributed by atoms with Gasteiger partial charge in [0.15, 0.2) is 5.12 Å². The molecule has 1 aromatic rings. The second-order valence-electron chi connectivity index (χ2n) is 8.59. The SMILES string of the molecule is CC(=O)Oc1ccc2c(c1)CC[C@@H]1[C@@H]2CC[C@]2(C)[C@@H](SC(C)=O)CC[C@@H]12. The third-order valence-corrected chi connectivity index (χ3v) is 8.57. The Morgan fingerprint density at radius 1 is 1.15 bits per heavy atom. The van der Waals surface area contributed by atoms with E-state index in [1.807, 2.05) is 6.07 Å². The fourth-order valence-corrected chi connectivity index (χ4v) is 7.35. The second-order valence-corrected chi connectivity index (χ2v) is 9.97. The first kappa shape index (κ1) is 18.1. The summed E-state index contributed by atoms with van der Waals surface area (Å²) in [6.45, 7) is 5.61. The molecule has 3 aliphatic carbocycles. The number of fused-ring (bicyclic) bond motifs is 5. The minimum Gasteiger partial charge on any atom is -0.427 e. The van der Waals surface area contributed by atoms with Crippen LogP contribution in [0.3, 0.4) is 0 Å². The molecule has 0 aromatic heterocycles. The van der Waals surface area contributed by atoms with Crippen LogP contribution in [0, 0.1) is 17.3 Å². The highest BCUT2D eigenvalue weighted by Gasteiger charge is 2.55. The van der Waals surface area contributed by atoms with Gasteiger partial charge in [0.05, 0.1) is 0 Å². The zero-order valence-corrected chi connectivity index (χ0v) is 16.7. The highest BCUT2D eigenvalue weighted by molar-refractivity contribution is 8.14. The van der Waals surface area contributed by atoms with Crippen LogP contribution in [0.15, 0.2) is 18.2 Å². The van der Waals surface area contributed by atoms with Gasteiger partial charge in [-0.05, 0) is 85.0 Å². The molecule has 2 saturated carbocycles. The molecule has 4 rings (SSSR count). The average molecular weight is 373 g/mol. The van der Waals surface area contributed by atoms with Crippen LogP contribution in [-0.4, -0.2) is 16.3 Å². The summed E-state index contributed by atoms with van der Waals surface area (Å²) in [4.78, 5) is 22.9.